The average Bonchev–Trinajstić information content (AvgIpc) is 2.33. The Balaban J connectivity index is 0.00000144. The van der Waals surface area contributed by atoms with E-state index in [1.807, 2.05) is 29.2 Å². The van der Waals surface area contributed by atoms with Crippen LogP contribution < -0.4 is 5.32 Å². The van der Waals surface area contributed by atoms with Crippen LogP contribution in [-0.4, -0.2) is 37.0 Å². The molecule has 2 rings (SSSR count). The fraction of sp³-hybridized carbons (Fsp3) is 0.417. The van der Waals surface area contributed by atoms with Crippen molar-refractivity contribution in [3.8, 4) is 0 Å². The van der Waals surface area contributed by atoms with E-state index in [0.29, 0.717) is 6.42 Å². The van der Waals surface area contributed by atoms with Crippen LogP contribution in [0.1, 0.15) is 5.56 Å². The Bertz CT molecular complexity index is 363. The first-order valence-corrected chi connectivity index (χ1v) is 6.28. The van der Waals surface area contributed by atoms with Gasteiger partial charge in [0.1, 0.15) is 0 Å². The topological polar surface area (TPSA) is 32.3 Å². The van der Waals surface area contributed by atoms with Crippen molar-refractivity contribution < 1.29 is 4.79 Å². The second-order valence-electron chi connectivity index (χ2n) is 3.93. The number of benzene rings is 1. The van der Waals surface area contributed by atoms with E-state index in [1.165, 1.54) is 0 Å². The summed E-state index contributed by atoms with van der Waals surface area (Å²) in [6, 6.07) is 7.93. The van der Waals surface area contributed by atoms with E-state index >= 15 is 0 Å². The maximum Gasteiger partial charge on any atom is 0.227 e. The molecule has 1 aromatic rings. The molecule has 1 N–H and O–H groups in total. The normalized spacial score (nSPS) is 15.2. The van der Waals surface area contributed by atoms with Crippen molar-refractivity contribution in [2.24, 2.45) is 0 Å². The lowest BCUT2D eigenvalue weighted by atomic mass is 10.1. The van der Waals surface area contributed by atoms with Crippen molar-refractivity contribution in [2.45, 2.75) is 6.42 Å². The molecule has 5 heteroatoms. The fourth-order valence-corrected chi connectivity index (χ4v) is 2.07. The van der Waals surface area contributed by atoms with E-state index in [9.17, 15) is 4.79 Å². The number of nitrogens with zero attached hydrogens (tertiary/aromatic N) is 1. The molecule has 0 spiro atoms. The number of amides is 1. The zero-order valence-corrected chi connectivity index (χ0v) is 11.9. The number of carbonyl (C=O) groups is 1. The molecular formula is C12H16BrClN2O. The highest BCUT2D eigenvalue weighted by Gasteiger charge is 2.15. The quantitative estimate of drug-likeness (QED) is 0.902. The number of nitrogens with one attached hydrogen (secondary N) is 1. The second kappa shape index (κ2) is 6.99. The molecule has 17 heavy (non-hydrogen) atoms. The maximum atomic E-state index is 11.9. The SMILES string of the molecule is Cl.O=C(Cc1ccc(Br)cc1)N1CCNCC1. The molecule has 0 radical (unpaired) electrons. The minimum absolute atomic E-state index is 0. The number of hydrogen-bond acceptors (Lipinski definition) is 2. The second-order valence-corrected chi connectivity index (χ2v) is 4.85. The summed E-state index contributed by atoms with van der Waals surface area (Å²) in [5, 5.41) is 3.24. The molecular weight excluding hydrogens is 304 g/mol. The van der Waals surface area contributed by atoms with Gasteiger partial charge in [0.2, 0.25) is 5.91 Å². The number of halogens is 2. The summed E-state index contributed by atoms with van der Waals surface area (Å²) in [6.45, 7) is 3.48. The summed E-state index contributed by atoms with van der Waals surface area (Å²) in [7, 11) is 0. The van der Waals surface area contributed by atoms with Gasteiger partial charge in [0.05, 0.1) is 6.42 Å². The molecule has 0 aromatic heterocycles. The first-order chi connectivity index (χ1) is 7.75. The van der Waals surface area contributed by atoms with Crippen molar-refractivity contribution in [1.82, 2.24) is 10.2 Å². The molecule has 0 atom stereocenters. The van der Waals surface area contributed by atoms with Gasteiger partial charge in [-0.2, -0.15) is 0 Å². The van der Waals surface area contributed by atoms with Crippen LogP contribution in [0.25, 0.3) is 0 Å². The fourth-order valence-electron chi connectivity index (χ4n) is 1.80. The van der Waals surface area contributed by atoms with Crippen LogP contribution in [-0.2, 0) is 11.2 Å². The lowest BCUT2D eigenvalue weighted by molar-refractivity contribution is -0.131. The van der Waals surface area contributed by atoms with Crippen LogP contribution in [0.15, 0.2) is 28.7 Å². The van der Waals surface area contributed by atoms with Gasteiger partial charge in [0.25, 0.3) is 0 Å². The van der Waals surface area contributed by atoms with Crippen LogP contribution in [0.5, 0.6) is 0 Å². The first-order valence-electron chi connectivity index (χ1n) is 5.48. The van der Waals surface area contributed by atoms with Gasteiger partial charge in [-0.25, -0.2) is 0 Å². The Morgan fingerprint density at radius 3 is 2.41 bits per heavy atom. The Labute approximate surface area is 116 Å². The van der Waals surface area contributed by atoms with Gasteiger partial charge in [-0.3, -0.25) is 4.79 Å². The molecule has 1 heterocycles. The standard InChI is InChI=1S/C12H15BrN2O.ClH/c13-11-3-1-10(2-4-11)9-12(16)15-7-5-14-6-8-15;/h1-4,14H,5-9H2;1H. The highest BCUT2D eigenvalue weighted by atomic mass is 79.9. The van der Waals surface area contributed by atoms with Crippen LogP contribution in [0, 0.1) is 0 Å². The highest BCUT2D eigenvalue weighted by molar-refractivity contribution is 9.10. The van der Waals surface area contributed by atoms with Crippen molar-refractivity contribution >= 4 is 34.2 Å². The van der Waals surface area contributed by atoms with E-state index in [-0.39, 0.29) is 18.3 Å². The van der Waals surface area contributed by atoms with Crippen LogP contribution in [0.3, 0.4) is 0 Å². The van der Waals surface area contributed by atoms with Gasteiger partial charge < -0.3 is 10.2 Å². The summed E-state index contributed by atoms with van der Waals surface area (Å²) in [5.41, 5.74) is 1.08. The molecule has 0 bridgehead atoms. The number of rotatable bonds is 2. The predicted octanol–water partition coefficient (Wildman–Crippen LogP) is 1.85. The Morgan fingerprint density at radius 2 is 1.82 bits per heavy atom. The molecule has 94 valence electrons. The van der Waals surface area contributed by atoms with Crippen molar-refractivity contribution in [3.05, 3.63) is 34.3 Å². The van der Waals surface area contributed by atoms with Gasteiger partial charge in [-0.1, -0.05) is 28.1 Å². The van der Waals surface area contributed by atoms with E-state index in [4.69, 9.17) is 0 Å². The predicted molar refractivity (Wildman–Crippen MR) is 74.5 cm³/mol. The van der Waals surface area contributed by atoms with E-state index < -0.39 is 0 Å². The third kappa shape index (κ3) is 4.30. The monoisotopic (exact) mass is 318 g/mol. The van der Waals surface area contributed by atoms with Gasteiger partial charge in [-0.15, -0.1) is 12.4 Å². The minimum Gasteiger partial charge on any atom is -0.340 e. The Morgan fingerprint density at radius 1 is 1.24 bits per heavy atom. The zero-order valence-electron chi connectivity index (χ0n) is 9.49. The largest absolute Gasteiger partial charge is 0.340 e. The van der Waals surface area contributed by atoms with Gasteiger partial charge in [0.15, 0.2) is 0 Å². The van der Waals surface area contributed by atoms with E-state index in [1.54, 1.807) is 0 Å². The van der Waals surface area contributed by atoms with Crippen LogP contribution in [0.2, 0.25) is 0 Å². The maximum absolute atomic E-state index is 11.9. The molecule has 1 amide bonds. The van der Waals surface area contributed by atoms with Crippen molar-refractivity contribution in [2.75, 3.05) is 26.2 Å². The van der Waals surface area contributed by atoms with E-state index in [0.717, 1.165) is 36.2 Å². The number of hydrogen-bond donors (Lipinski definition) is 1. The van der Waals surface area contributed by atoms with E-state index in [2.05, 4.69) is 21.2 Å². The summed E-state index contributed by atoms with van der Waals surface area (Å²) in [5.74, 6) is 0.226. The molecule has 1 aliphatic rings. The van der Waals surface area contributed by atoms with Gasteiger partial charge in [0, 0.05) is 30.7 Å². The summed E-state index contributed by atoms with van der Waals surface area (Å²) in [4.78, 5) is 13.9. The van der Waals surface area contributed by atoms with Gasteiger partial charge in [-0.05, 0) is 17.7 Å². The Kier molecular flexibility index (Phi) is 5.95. The summed E-state index contributed by atoms with van der Waals surface area (Å²) < 4.78 is 1.05. The first kappa shape index (κ1) is 14.5. The van der Waals surface area contributed by atoms with Gasteiger partial charge >= 0.3 is 0 Å². The average molecular weight is 320 g/mol. The smallest absolute Gasteiger partial charge is 0.227 e. The minimum atomic E-state index is 0. The Hall–Kier alpha value is -0.580. The molecule has 1 aliphatic heterocycles. The van der Waals surface area contributed by atoms with Crippen molar-refractivity contribution in [3.63, 3.8) is 0 Å². The molecule has 3 nitrogen and oxygen atoms in total. The number of piperazine rings is 1. The molecule has 0 saturated carbocycles. The lowest BCUT2D eigenvalue weighted by Gasteiger charge is -2.27. The highest BCUT2D eigenvalue weighted by Crippen LogP contribution is 2.11. The summed E-state index contributed by atoms with van der Waals surface area (Å²) >= 11 is 3.38. The molecule has 1 aromatic carbocycles. The third-order valence-corrected chi connectivity index (χ3v) is 3.27. The lowest BCUT2D eigenvalue weighted by Crippen LogP contribution is -2.46. The summed E-state index contributed by atoms with van der Waals surface area (Å²) in [6.07, 6.45) is 0.507. The molecule has 0 unspecified atom stereocenters. The number of carbonyl (C=O) groups excluding carboxylic acids is 1. The van der Waals surface area contributed by atoms with Crippen LogP contribution in [0.4, 0.5) is 0 Å². The third-order valence-electron chi connectivity index (χ3n) is 2.74. The molecule has 1 fully saturated rings. The van der Waals surface area contributed by atoms with Crippen LogP contribution >= 0.6 is 28.3 Å². The molecule has 1 saturated heterocycles. The molecule has 0 aliphatic carbocycles. The zero-order chi connectivity index (χ0) is 11.4. The van der Waals surface area contributed by atoms with Crippen molar-refractivity contribution in [1.29, 1.82) is 0 Å².